The summed E-state index contributed by atoms with van der Waals surface area (Å²) in [4.78, 5) is 11.9. The van der Waals surface area contributed by atoms with Gasteiger partial charge in [0.15, 0.2) is 0 Å². The predicted octanol–water partition coefficient (Wildman–Crippen LogP) is 4.44. The first-order valence-electron chi connectivity index (χ1n) is 6.71. The molecule has 2 aromatic carbocycles. The number of benzene rings is 2. The van der Waals surface area contributed by atoms with Crippen LogP contribution in [-0.2, 0) is 4.79 Å². The number of rotatable bonds is 6. The molecule has 0 radical (unpaired) electrons. The van der Waals surface area contributed by atoms with E-state index in [1.54, 1.807) is 25.3 Å². The van der Waals surface area contributed by atoms with Crippen molar-refractivity contribution in [2.75, 3.05) is 24.3 Å². The second-order valence-electron chi connectivity index (χ2n) is 4.58. The fraction of sp³-hybridized carbons (Fsp3) is 0.188. The third-order valence-electron chi connectivity index (χ3n) is 2.97. The van der Waals surface area contributed by atoms with Crippen molar-refractivity contribution in [3.63, 3.8) is 0 Å². The second kappa shape index (κ2) is 7.92. The molecule has 0 bridgehead atoms. The minimum atomic E-state index is -0.134. The molecule has 22 heavy (non-hydrogen) atoms. The number of carbonyl (C=O) groups excluding carboxylic acids is 1. The lowest BCUT2D eigenvalue weighted by atomic mass is 10.2. The van der Waals surface area contributed by atoms with Crippen LogP contribution in [0.15, 0.2) is 42.5 Å². The van der Waals surface area contributed by atoms with Gasteiger partial charge in [-0.1, -0.05) is 23.2 Å². The SMILES string of the molecule is COc1ccc(NCCC(=O)Nc2cc(Cl)ccc2Cl)cc1. The van der Waals surface area contributed by atoms with E-state index < -0.39 is 0 Å². The average molecular weight is 339 g/mol. The van der Waals surface area contributed by atoms with E-state index in [1.165, 1.54) is 0 Å². The number of amides is 1. The molecule has 0 unspecified atom stereocenters. The Labute approximate surface area is 139 Å². The summed E-state index contributed by atoms with van der Waals surface area (Å²) in [5.74, 6) is 0.657. The summed E-state index contributed by atoms with van der Waals surface area (Å²) >= 11 is 11.9. The summed E-state index contributed by atoms with van der Waals surface area (Å²) in [6.45, 7) is 0.510. The van der Waals surface area contributed by atoms with Crippen molar-refractivity contribution in [1.82, 2.24) is 0 Å². The van der Waals surface area contributed by atoms with Crippen LogP contribution in [0.3, 0.4) is 0 Å². The highest BCUT2D eigenvalue weighted by atomic mass is 35.5. The molecule has 116 valence electrons. The van der Waals surface area contributed by atoms with E-state index in [0.29, 0.717) is 28.7 Å². The van der Waals surface area contributed by atoms with Gasteiger partial charge in [-0.25, -0.2) is 0 Å². The number of hydrogen-bond acceptors (Lipinski definition) is 3. The second-order valence-corrected chi connectivity index (χ2v) is 5.42. The van der Waals surface area contributed by atoms with Gasteiger partial charge in [0.05, 0.1) is 17.8 Å². The molecule has 0 fully saturated rings. The fourth-order valence-corrected chi connectivity index (χ4v) is 2.17. The Morgan fingerprint density at radius 2 is 1.86 bits per heavy atom. The molecule has 0 spiro atoms. The molecule has 0 aliphatic rings. The van der Waals surface area contributed by atoms with Crippen LogP contribution in [0.25, 0.3) is 0 Å². The standard InChI is InChI=1S/C16H16Cl2N2O2/c1-22-13-5-3-12(4-6-13)19-9-8-16(21)20-15-10-11(17)2-7-14(15)18/h2-7,10,19H,8-9H2,1H3,(H,20,21). The maximum Gasteiger partial charge on any atom is 0.226 e. The van der Waals surface area contributed by atoms with Crippen LogP contribution < -0.4 is 15.4 Å². The minimum absolute atomic E-state index is 0.134. The molecular formula is C16H16Cl2N2O2. The van der Waals surface area contributed by atoms with Gasteiger partial charge in [-0.2, -0.15) is 0 Å². The van der Waals surface area contributed by atoms with Crippen LogP contribution in [0, 0.1) is 0 Å². The van der Waals surface area contributed by atoms with E-state index in [4.69, 9.17) is 27.9 Å². The van der Waals surface area contributed by atoms with Crippen LogP contribution in [0.2, 0.25) is 10.0 Å². The van der Waals surface area contributed by atoms with Gasteiger partial charge in [0.2, 0.25) is 5.91 Å². The molecular weight excluding hydrogens is 323 g/mol. The van der Waals surface area contributed by atoms with Crippen molar-refractivity contribution < 1.29 is 9.53 Å². The molecule has 2 N–H and O–H groups in total. The smallest absolute Gasteiger partial charge is 0.226 e. The summed E-state index contributed by atoms with van der Waals surface area (Å²) < 4.78 is 5.08. The summed E-state index contributed by atoms with van der Waals surface area (Å²) in [6, 6.07) is 12.4. The van der Waals surface area contributed by atoms with Gasteiger partial charge < -0.3 is 15.4 Å². The molecule has 0 aromatic heterocycles. The van der Waals surface area contributed by atoms with Crippen molar-refractivity contribution in [3.05, 3.63) is 52.5 Å². The van der Waals surface area contributed by atoms with Gasteiger partial charge in [-0.15, -0.1) is 0 Å². The van der Waals surface area contributed by atoms with Gasteiger partial charge in [-0.3, -0.25) is 4.79 Å². The fourth-order valence-electron chi connectivity index (χ4n) is 1.84. The molecule has 6 heteroatoms. The zero-order chi connectivity index (χ0) is 15.9. The molecule has 0 aliphatic carbocycles. The first-order chi connectivity index (χ1) is 10.6. The number of ether oxygens (including phenoxy) is 1. The van der Waals surface area contributed by atoms with Gasteiger partial charge >= 0.3 is 0 Å². The first-order valence-corrected chi connectivity index (χ1v) is 7.47. The Morgan fingerprint density at radius 3 is 2.55 bits per heavy atom. The van der Waals surface area contributed by atoms with Crippen molar-refractivity contribution in [3.8, 4) is 5.75 Å². The van der Waals surface area contributed by atoms with Crippen LogP contribution >= 0.6 is 23.2 Å². The number of halogens is 2. The summed E-state index contributed by atoms with van der Waals surface area (Å²) in [5.41, 5.74) is 1.44. The van der Waals surface area contributed by atoms with Crippen LogP contribution in [-0.4, -0.2) is 19.6 Å². The zero-order valence-electron chi connectivity index (χ0n) is 12.0. The van der Waals surface area contributed by atoms with Crippen LogP contribution in [0.4, 0.5) is 11.4 Å². The highest BCUT2D eigenvalue weighted by Gasteiger charge is 2.06. The average Bonchev–Trinajstić information content (AvgIpc) is 2.51. The highest BCUT2D eigenvalue weighted by Crippen LogP contribution is 2.25. The molecule has 1 amide bonds. The molecule has 0 saturated heterocycles. The highest BCUT2D eigenvalue weighted by molar-refractivity contribution is 6.35. The summed E-state index contributed by atoms with van der Waals surface area (Å²) in [6.07, 6.45) is 0.314. The zero-order valence-corrected chi connectivity index (χ0v) is 13.5. The molecule has 4 nitrogen and oxygen atoms in total. The normalized spacial score (nSPS) is 10.1. The monoisotopic (exact) mass is 338 g/mol. The van der Waals surface area contributed by atoms with E-state index in [0.717, 1.165) is 11.4 Å². The number of nitrogens with one attached hydrogen (secondary N) is 2. The number of carbonyl (C=O) groups is 1. The number of methoxy groups -OCH3 is 1. The Balaban J connectivity index is 1.81. The van der Waals surface area contributed by atoms with E-state index in [-0.39, 0.29) is 5.91 Å². The molecule has 0 atom stereocenters. The maximum absolute atomic E-state index is 11.9. The van der Waals surface area contributed by atoms with Crippen LogP contribution in [0.5, 0.6) is 5.75 Å². The lowest BCUT2D eigenvalue weighted by Crippen LogP contribution is -2.16. The maximum atomic E-state index is 11.9. The van der Waals surface area contributed by atoms with Crippen molar-refractivity contribution >= 4 is 40.5 Å². The molecule has 2 aromatic rings. The molecule has 0 aliphatic heterocycles. The van der Waals surface area contributed by atoms with Gasteiger partial charge in [0.25, 0.3) is 0 Å². The third kappa shape index (κ3) is 4.83. The van der Waals surface area contributed by atoms with E-state index >= 15 is 0 Å². The number of anilines is 2. The predicted molar refractivity (Wildman–Crippen MR) is 91.2 cm³/mol. The largest absolute Gasteiger partial charge is 0.497 e. The van der Waals surface area contributed by atoms with Crippen molar-refractivity contribution in [2.45, 2.75) is 6.42 Å². The number of hydrogen-bond donors (Lipinski definition) is 2. The summed E-state index contributed by atoms with van der Waals surface area (Å²) in [5, 5.41) is 6.89. The van der Waals surface area contributed by atoms with Crippen LogP contribution in [0.1, 0.15) is 6.42 Å². The lowest BCUT2D eigenvalue weighted by Gasteiger charge is -2.09. The molecule has 2 rings (SSSR count). The molecule has 0 saturated carbocycles. The topological polar surface area (TPSA) is 50.4 Å². The van der Waals surface area contributed by atoms with E-state index in [2.05, 4.69) is 10.6 Å². The van der Waals surface area contributed by atoms with E-state index in [1.807, 2.05) is 24.3 Å². The van der Waals surface area contributed by atoms with Crippen molar-refractivity contribution in [2.24, 2.45) is 0 Å². The van der Waals surface area contributed by atoms with E-state index in [9.17, 15) is 4.79 Å². The third-order valence-corrected chi connectivity index (χ3v) is 3.54. The van der Waals surface area contributed by atoms with Crippen molar-refractivity contribution in [1.29, 1.82) is 0 Å². The molecule has 0 heterocycles. The Hall–Kier alpha value is -1.91. The van der Waals surface area contributed by atoms with Gasteiger partial charge in [0.1, 0.15) is 5.75 Å². The Morgan fingerprint density at radius 1 is 1.14 bits per heavy atom. The first kappa shape index (κ1) is 16.5. The quantitative estimate of drug-likeness (QED) is 0.818. The van der Waals surface area contributed by atoms with Gasteiger partial charge in [0, 0.05) is 23.7 Å². The Kier molecular flexibility index (Phi) is 5.92. The lowest BCUT2D eigenvalue weighted by molar-refractivity contribution is -0.115. The van der Waals surface area contributed by atoms with Gasteiger partial charge in [-0.05, 0) is 42.5 Å². The minimum Gasteiger partial charge on any atom is -0.497 e. The summed E-state index contributed by atoms with van der Waals surface area (Å²) in [7, 11) is 1.62. The Bertz CT molecular complexity index is 645.